The third-order valence-corrected chi connectivity index (χ3v) is 7.77. The number of nitrogens with zero attached hydrogens (tertiary/aromatic N) is 3. The van der Waals surface area contributed by atoms with E-state index >= 15 is 0 Å². The van der Waals surface area contributed by atoms with E-state index in [-0.39, 0.29) is 17.9 Å². The number of anilines is 1. The van der Waals surface area contributed by atoms with Gasteiger partial charge in [0.15, 0.2) is 18.1 Å². The van der Waals surface area contributed by atoms with E-state index < -0.39 is 11.7 Å². The highest BCUT2D eigenvalue weighted by Gasteiger charge is 2.18. The first-order chi connectivity index (χ1) is 17.7. The van der Waals surface area contributed by atoms with E-state index in [0.717, 1.165) is 4.47 Å². The van der Waals surface area contributed by atoms with Gasteiger partial charge in [-0.15, -0.1) is 0 Å². The van der Waals surface area contributed by atoms with Crippen molar-refractivity contribution in [1.29, 1.82) is 0 Å². The van der Waals surface area contributed by atoms with Crippen LogP contribution in [0.2, 0.25) is 0 Å². The van der Waals surface area contributed by atoms with E-state index in [1.165, 1.54) is 42.3 Å². The maximum absolute atomic E-state index is 13.1. The fourth-order valence-corrected chi connectivity index (χ4v) is 4.67. The molecule has 1 amide bonds. The van der Waals surface area contributed by atoms with Gasteiger partial charge in [0, 0.05) is 20.2 Å². The molecule has 0 aliphatic carbocycles. The molecule has 0 aliphatic heterocycles. The average Bonchev–Trinajstić information content (AvgIpc) is 2.87. The second kappa shape index (κ2) is 11.5. The zero-order valence-electron chi connectivity index (χ0n) is 19.4. The number of hydrogen-bond donors (Lipinski definition) is 1. The zero-order chi connectivity index (χ0) is 26.7. The van der Waals surface area contributed by atoms with Crippen molar-refractivity contribution in [1.82, 2.24) is 9.66 Å². The Morgan fingerprint density at radius 2 is 1.86 bits per heavy atom. The molecule has 37 heavy (non-hydrogen) atoms. The molecular formula is C25H18Br3FN4O4. The summed E-state index contributed by atoms with van der Waals surface area (Å²) in [7, 11) is 1.46. The molecule has 0 unspecified atom stereocenters. The number of aromatic nitrogens is 2. The number of methoxy groups -OCH3 is 1. The monoisotopic (exact) mass is 694 g/mol. The lowest BCUT2D eigenvalue weighted by Crippen LogP contribution is -2.21. The summed E-state index contributed by atoms with van der Waals surface area (Å²) >= 11 is 10.3. The van der Waals surface area contributed by atoms with E-state index in [2.05, 4.69) is 63.2 Å². The van der Waals surface area contributed by atoms with Gasteiger partial charge in [-0.25, -0.2) is 9.37 Å². The first-order valence-electron chi connectivity index (χ1n) is 10.7. The van der Waals surface area contributed by atoms with Crippen LogP contribution in [0, 0.1) is 12.7 Å². The predicted octanol–water partition coefficient (Wildman–Crippen LogP) is 6.04. The lowest BCUT2D eigenvalue weighted by molar-refractivity contribution is -0.118. The van der Waals surface area contributed by atoms with Crippen molar-refractivity contribution < 1.29 is 18.7 Å². The maximum Gasteiger partial charge on any atom is 0.282 e. The summed E-state index contributed by atoms with van der Waals surface area (Å²) in [4.78, 5) is 29.8. The van der Waals surface area contributed by atoms with Crippen molar-refractivity contribution in [2.45, 2.75) is 6.92 Å². The third kappa shape index (κ3) is 6.08. The van der Waals surface area contributed by atoms with Crippen molar-refractivity contribution >= 4 is 76.5 Å². The summed E-state index contributed by atoms with van der Waals surface area (Å²) in [6.45, 7) is 1.37. The normalized spacial score (nSPS) is 11.2. The lowest BCUT2D eigenvalue weighted by Gasteiger charge is -2.15. The van der Waals surface area contributed by atoms with Crippen LogP contribution in [-0.4, -0.2) is 35.5 Å². The highest BCUT2D eigenvalue weighted by Crippen LogP contribution is 2.42. The van der Waals surface area contributed by atoms with Crippen LogP contribution in [0.5, 0.6) is 11.5 Å². The zero-order valence-corrected chi connectivity index (χ0v) is 24.1. The van der Waals surface area contributed by atoms with Crippen LogP contribution in [0.15, 0.2) is 71.8 Å². The van der Waals surface area contributed by atoms with E-state index in [4.69, 9.17) is 9.47 Å². The summed E-state index contributed by atoms with van der Waals surface area (Å²) in [5, 5.41) is 7.41. The molecule has 12 heteroatoms. The molecular weight excluding hydrogens is 679 g/mol. The van der Waals surface area contributed by atoms with Gasteiger partial charge in [-0.2, -0.15) is 9.78 Å². The molecule has 0 bridgehead atoms. The number of carbonyl (C=O) groups excluding carboxylic acids is 1. The molecule has 0 saturated heterocycles. The molecule has 8 nitrogen and oxygen atoms in total. The van der Waals surface area contributed by atoms with Crippen LogP contribution in [0.4, 0.5) is 10.1 Å². The number of rotatable bonds is 7. The number of hydrogen-bond acceptors (Lipinski definition) is 6. The van der Waals surface area contributed by atoms with Crippen molar-refractivity contribution in [3.05, 3.63) is 89.5 Å². The van der Waals surface area contributed by atoms with E-state index in [1.807, 2.05) is 6.07 Å². The van der Waals surface area contributed by atoms with Gasteiger partial charge in [-0.05, 0) is 87.3 Å². The second-order valence-corrected chi connectivity index (χ2v) is 10.2. The molecule has 1 heterocycles. The molecule has 0 fully saturated rings. The van der Waals surface area contributed by atoms with Crippen LogP contribution >= 0.6 is 47.8 Å². The molecule has 190 valence electrons. The second-order valence-electron chi connectivity index (χ2n) is 7.65. The van der Waals surface area contributed by atoms with Crippen LogP contribution < -0.4 is 20.3 Å². The fraction of sp³-hybridized carbons (Fsp3) is 0.120. The van der Waals surface area contributed by atoms with Gasteiger partial charge < -0.3 is 14.8 Å². The SMILES string of the molecule is COc1cc(C=Nn2c(C)nc3ccc(Br)cc3c2=O)c(Br)c(Br)c1OCC(=O)Nc1ccc(F)cc1. The molecule has 1 N–H and O–H groups in total. The number of carbonyl (C=O) groups is 1. The highest BCUT2D eigenvalue weighted by molar-refractivity contribution is 9.13. The Morgan fingerprint density at radius 3 is 2.57 bits per heavy atom. The predicted molar refractivity (Wildman–Crippen MR) is 150 cm³/mol. The molecule has 3 aromatic carbocycles. The molecule has 1 aromatic heterocycles. The van der Waals surface area contributed by atoms with Crippen LogP contribution in [0.1, 0.15) is 11.4 Å². The van der Waals surface area contributed by atoms with Gasteiger partial charge in [0.1, 0.15) is 11.6 Å². The molecule has 4 rings (SSSR count). The minimum Gasteiger partial charge on any atom is -0.493 e. The van der Waals surface area contributed by atoms with Crippen molar-refractivity contribution in [2.75, 3.05) is 19.0 Å². The maximum atomic E-state index is 13.1. The smallest absolute Gasteiger partial charge is 0.282 e. The summed E-state index contributed by atoms with van der Waals surface area (Å²) in [6, 6.07) is 12.3. The number of amides is 1. The number of halogens is 4. The summed E-state index contributed by atoms with van der Waals surface area (Å²) < 4.78 is 27.3. The summed E-state index contributed by atoms with van der Waals surface area (Å²) in [6.07, 6.45) is 1.49. The quantitative estimate of drug-likeness (QED) is 0.238. The van der Waals surface area contributed by atoms with Gasteiger partial charge in [-0.3, -0.25) is 9.59 Å². The fourth-order valence-electron chi connectivity index (χ4n) is 3.37. The topological polar surface area (TPSA) is 94.8 Å². The van der Waals surface area contributed by atoms with Gasteiger partial charge in [0.2, 0.25) is 0 Å². The Hall–Kier alpha value is -3.09. The number of fused-ring (bicyclic) bond motifs is 1. The average molecular weight is 697 g/mol. The van der Waals surface area contributed by atoms with Gasteiger partial charge in [0.05, 0.1) is 28.7 Å². The number of aryl methyl sites for hydroxylation is 1. The largest absolute Gasteiger partial charge is 0.493 e. The van der Waals surface area contributed by atoms with Gasteiger partial charge in [0.25, 0.3) is 11.5 Å². The van der Waals surface area contributed by atoms with Gasteiger partial charge >= 0.3 is 0 Å². The number of benzene rings is 3. The van der Waals surface area contributed by atoms with Crippen LogP contribution in [0.25, 0.3) is 10.9 Å². The van der Waals surface area contributed by atoms with E-state index in [9.17, 15) is 14.0 Å². The molecule has 0 radical (unpaired) electrons. The van der Waals surface area contributed by atoms with Crippen LogP contribution in [0.3, 0.4) is 0 Å². The Balaban J connectivity index is 1.59. The Bertz CT molecular complexity index is 1590. The number of nitrogens with one attached hydrogen (secondary N) is 1. The van der Waals surface area contributed by atoms with Crippen molar-refractivity contribution in [3.8, 4) is 11.5 Å². The third-order valence-electron chi connectivity index (χ3n) is 5.13. The lowest BCUT2D eigenvalue weighted by atomic mass is 10.2. The molecule has 4 aromatic rings. The number of ether oxygens (including phenoxy) is 2. The minimum absolute atomic E-state index is 0.284. The van der Waals surface area contributed by atoms with E-state index in [0.29, 0.717) is 42.7 Å². The summed E-state index contributed by atoms with van der Waals surface area (Å²) in [5.74, 6) is 0.196. The van der Waals surface area contributed by atoms with Crippen LogP contribution in [-0.2, 0) is 4.79 Å². The first-order valence-corrected chi connectivity index (χ1v) is 13.0. The Morgan fingerprint density at radius 1 is 1.14 bits per heavy atom. The molecule has 0 aliphatic rings. The summed E-state index contributed by atoms with van der Waals surface area (Å²) in [5.41, 5.74) is 1.28. The standard InChI is InChI=1S/C25H18Br3FN4O4/c1-13-31-19-8-3-15(26)10-18(19)25(35)33(13)30-11-14-9-20(36-2)24(23(28)22(14)27)37-12-21(34)32-17-6-4-16(29)5-7-17/h3-11H,12H2,1-2H3,(H,32,34). The Labute approximate surface area is 235 Å². The Kier molecular flexibility index (Phi) is 8.40. The molecule has 0 atom stereocenters. The minimum atomic E-state index is -0.437. The highest BCUT2D eigenvalue weighted by atomic mass is 79.9. The van der Waals surface area contributed by atoms with Gasteiger partial charge in [-0.1, -0.05) is 15.9 Å². The first kappa shape index (κ1) is 27.0. The van der Waals surface area contributed by atoms with Crippen molar-refractivity contribution in [3.63, 3.8) is 0 Å². The van der Waals surface area contributed by atoms with E-state index in [1.54, 1.807) is 25.1 Å². The van der Waals surface area contributed by atoms with Crippen molar-refractivity contribution in [2.24, 2.45) is 5.10 Å². The molecule has 0 spiro atoms. The molecule has 0 saturated carbocycles.